The van der Waals surface area contributed by atoms with Crippen molar-refractivity contribution in [1.82, 2.24) is 0 Å². The first-order valence-electron chi connectivity index (χ1n) is 7.70. The predicted molar refractivity (Wildman–Crippen MR) is 79.7 cm³/mol. The van der Waals surface area contributed by atoms with Gasteiger partial charge >= 0.3 is 0 Å². The van der Waals surface area contributed by atoms with E-state index in [1.165, 1.54) is 51.4 Å². The standard InChI is InChI=1S/C16H31NO/c1-2-3-4-5-6-7-8-9-10-13-16(18)14-11-12-15-17/h11,14H,2-10,12-13,15,17H2,1H3. The van der Waals surface area contributed by atoms with Gasteiger partial charge in [0.25, 0.3) is 0 Å². The zero-order valence-electron chi connectivity index (χ0n) is 12.1. The predicted octanol–water partition coefficient (Wildman–Crippen LogP) is 4.38. The van der Waals surface area contributed by atoms with Crippen LogP contribution >= 0.6 is 0 Å². The minimum Gasteiger partial charge on any atom is -0.330 e. The molecule has 0 heterocycles. The van der Waals surface area contributed by atoms with Crippen molar-refractivity contribution >= 4 is 5.78 Å². The molecule has 0 unspecified atom stereocenters. The fourth-order valence-corrected chi connectivity index (χ4v) is 2.00. The molecule has 0 rings (SSSR count). The summed E-state index contributed by atoms with van der Waals surface area (Å²) in [5.74, 6) is 0.256. The topological polar surface area (TPSA) is 43.1 Å². The Labute approximate surface area is 113 Å². The Hall–Kier alpha value is -0.630. The molecule has 0 atom stereocenters. The van der Waals surface area contributed by atoms with E-state index in [9.17, 15) is 4.79 Å². The van der Waals surface area contributed by atoms with Gasteiger partial charge in [0.2, 0.25) is 0 Å². The van der Waals surface area contributed by atoms with E-state index in [1.54, 1.807) is 6.08 Å². The second-order valence-corrected chi connectivity index (χ2v) is 5.02. The molecule has 0 aromatic heterocycles. The van der Waals surface area contributed by atoms with Crippen molar-refractivity contribution in [2.75, 3.05) is 6.54 Å². The maximum Gasteiger partial charge on any atom is 0.155 e. The van der Waals surface area contributed by atoms with Crippen molar-refractivity contribution in [2.24, 2.45) is 5.73 Å². The van der Waals surface area contributed by atoms with Crippen LogP contribution in [0.4, 0.5) is 0 Å². The van der Waals surface area contributed by atoms with Crippen LogP contribution in [-0.4, -0.2) is 12.3 Å². The average Bonchev–Trinajstić information content (AvgIpc) is 2.37. The minimum absolute atomic E-state index is 0.256. The molecule has 0 bridgehead atoms. The molecule has 0 aliphatic rings. The van der Waals surface area contributed by atoms with E-state index >= 15 is 0 Å². The van der Waals surface area contributed by atoms with Gasteiger partial charge in [0.1, 0.15) is 0 Å². The molecular weight excluding hydrogens is 222 g/mol. The Morgan fingerprint density at radius 1 is 0.944 bits per heavy atom. The van der Waals surface area contributed by atoms with Gasteiger partial charge in [-0.25, -0.2) is 0 Å². The maximum atomic E-state index is 11.4. The summed E-state index contributed by atoms with van der Waals surface area (Å²) in [4.78, 5) is 11.4. The molecular formula is C16H31NO. The van der Waals surface area contributed by atoms with Gasteiger partial charge in [-0.1, -0.05) is 64.4 Å². The summed E-state index contributed by atoms with van der Waals surface area (Å²) in [5.41, 5.74) is 5.35. The maximum absolute atomic E-state index is 11.4. The van der Waals surface area contributed by atoms with Crippen LogP contribution in [0.5, 0.6) is 0 Å². The monoisotopic (exact) mass is 253 g/mol. The van der Waals surface area contributed by atoms with Crippen molar-refractivity contribution < 1.29 is 4.79 Å². The number of rotatable bonds is 13. The van der Waals surface area contributed by atoms with Crippen LogP contribution < -0.4 is 5.73 Å². The highest BCUT2D eigenvalue weighted by Gasteiger charge is 1.97. The summed E-state index contributed by atoms with van der Waals surface area (Å²) < 4.78 is 0. The van der Waals surface area contributed by atoms with Crippen LogP contribution in [0.2, 0.25) is 0 Å². The first kappa shape index (κ1) is 17.4. The van der Waals surface area contributed by atoms with Crippen molar-refractivity contribution in [3.63, 3.8) is 0 Å². The molecule has 0 amide bonds. The van der Waals surface area contributed by atoms with Crippen LogP contribution in [0.15, 0.2) is 12.2 Å². The third-order valence-electron chi connectivity index (χ3n) is 3.16. The summed E-state index contributed by atoms with van der Waals surface area (Å²) in [6.45, 7) is 2.88. The summed E-state index contributed by atoms with van der Waals surface area (Å²) in [6, 6.07) is 0. The van der Waals surface area contributed by atoms with E-state index in [2.05, 4.69) is 6.92 Å². The molecule has 2 nitrogen and oxygen atoms in total. The average molecular weight is 253 g/mol. The number of carbonyl (C=O) groups excluding carboxylic acids is 1. The second-order valence-electron chi connectivity index (χ2n) is 5.02. The van der Waals surface area contributed by atoms with Crippen LogP contribution in [-0.2, 0) is 4.79 Å². The number of hydrogen-bond acceptors (Lipinski definition) is 2. The summed E-state index contributed by atoms with van der Waals surface area (Å²) in [7, 11) is 0. The SMILES string of the molecule is CCCCCCCCCCCC(=O)C=CCCN. The molecule has 0 saturated heterocycles. The van der Waals surface area contributed by atoms with Crippen molar-refractivity contribution in [3.05, 3.63) is 12.2 Å². The molecule has 0 fully saturated rings. The van der Waals surface area contributed by atoms with Gasteiger partial charge in [-0.05, 0) is 25.5 Å². The van der Waals surface area contributed by atoms with Gasteiger partial charge in [0.05, 0.1) is 0 Å². The van der Waals surface area contributed by atoms with Gasteiger partial charge < -0.3 is 5.73 Å². The zero-order valence-corrected chi connectivity index (χ0v) is 12.1. The number of carbonyl (C=O) groups is 1. The minimum atomic E-state index is 0.256. The van der Waals surface area contributed by atoms with Crippen LogP contribution in [0.1, 0.15) is 77.6 Å². The third-order valence-corrected chi connectivity index (χ3v) is 3.16. The molecule has 0 aromatic carbocycles. The molecule has 0 aromatic rings. The Morgan fingerprint density at radius 2 is 1.50 bits per heavy atom. The third kappa shape index (κ3) is 13.4. The van der Waals surface area contributed by atoms with E-state index in [0.29, 0.717) is 13.0 Å². The Balaban J connectivity index is 3.17. The number of hydrogen-bond donors (Lipinski definition) is 1. The molecule has 18 heavy (non-hydrogen) atoms. The van der Waals surface area contributed by atoms with Crippen LogP contribution in [0.25, 0.3) is 0 Å². The highest BCUT2D eigenvalue weighted by molar-refractivity contribution is 5.89. The molecule has 0 saturated carbocycles. The molecule has 0 aliphatic heterocycles. The summed E-state index contributed by atoms with van der Waals surface area (Å²) in [5, 5.41) is 0. The van der Waals surface area contributed by atoms with E-state index in [1.807, 2.05) is 6.08 Å². The Kier molecular flexibility index (Phi) is 13.9. The first-order valence-corrected chi connectivity index (χ1v) is 7.70. The second kappa shape index (κ2) is 14.4. The summed E-state index contributed by atoms with van der Waals surface area (Å²) >= 11 is 0. The van der Waals surface area contributed by atoms with E-state index in [-0.39, 0.29) is 5.78 Å². The van der Waals surface area contributed by atoms with Gasteiger partial charge in [-0.3, -0.25) is 4.79 Å². The van der Waals surface area contributed by atoms with Gasteiger partial charge in [-0.2, -0.15) is 0 Å². The molecule has 106 valence electrons. The number of nitrogens with two attached hydrogens (primary N) is 1. The van der Waals surface area contributed by atoms with Crippen LogP contribution in [0.3, 0.4) is 0 Å². The van der Waals surface area contributed by atoms with Gasteiger partial charge in [0, 0.05) is 6.42 Å². The van der Waals surface area contributed by atoms with Crippen molar-refractivity contribution in [2.45, 2.75) is 77.6 Å². The quantitative estimate of drug-likeness (QED) is 0.391. The van der Waals surface area contributed by atoms with Gasteiger partial charge in [-0.15, -0.1) is 0 Å². The fourth-order valence-electron chi connectivity index (χ4n) is 2.00. The van der Waals surface area contributed by atoms with E-state index in [0.717, 1.165) is 12.8 Å². The van der Waals surface area contributed by atoms with Gasteiger partial charge in [0.15, 0.2) is 5.78 Å². The number of allylic oxidation sites excluding steroid dienone is 1. The zero-order chi connectivity index (χ0) is 13.5. The summed E-state index contributed by atoms with van der Waals surface area (Å²) in [6.07, 6.45) is 16.8. The molecule has 0 spiro atoms. The smallest absolute Gasteiger partial charge is 0.155 e. The lowest BCUT2D eigenvalue weighted by molar-refractivity contribution is -0.114. The Bertz CT molecular complexity index is 211. The van der Waals surface area contributed by atoms with Crippen molar-refractivity contribution in [1.29, 1.82) is 0 Å². The van der Waals surface area contributed by atoms with E-state index in [4.69, 9.17) is 5.73 Å². The molecule has 0 radical (unpaired) electrons. The normalized spacial score (nSPS) is 11.2. The number of unbranched alkanes of at least 4 members (excludes halogenated alkanes) is 8. The number of ketones is 1. The molecule has 2 heteroatoms. The highest BCUT2D eigenvalue weighted by Crippen LogP contribution is 2.10. The largest absolute Gasteiger partial charge is 0.330 e. The molecule has 2 N–H and O–H groups in total. The highest BCUT2D eigenvalue weighted by atomic mass is 16.1. The lowest BCUT2D eigenvalue weighted by atomic mass is 10.1. The lowest BCUT2D eigenvalue weighted by Gasteiger charge is -2.01. The lowest BCUT2D eigenvalue weighted by Crippen LogP contribution is -1.97. The van der Waals surface area contributed by atoms with Crippen molar-refractivity contribution in [3.8, 4) is 0 Å². The first-order chi connectivity index (χ1) is 8.81. The van der Waals surface area contributed by atoms with Crippen LogP contribution in [0, 0.1) is 0 Å². The van der Waals surface area contributed by atoms with E-state index < -0.39 is 0 Å². The Morgan fingerprint density at radius 3 is 2.06 bits per heavy atom. The molecule has 0 aliphatic carbocycles. The fraction of sp³-hybridized carbons (Fsp3) is 0.812.